The van der Waals surface area contributed by atoms with Gasteiger partial charge in [0.2, 0.25) is 0 Å². The third-order valence-corrected chi connectivity index (χ3v) is 7.76. The molecule has 0 spiro atoms. The van der Waals surface area contributed by atoms with Crippen molar-refractivity contribution >= 4 is 22.6 Å². The number of hydrogen-bond donors (Lipinski definition) is 0. The van der Waals surface area contributed by atoms with Gasteiger partial charge in [-0.3, -0.25) is 0 Å². The summed E-state index contributed by atoms with van der Waals surface area (Å²) in [6.45, 7) is 2.15. The first-order valence-corrected chi connectivity index (χ1v) is 13.4. The lowest BCUT2D eigenvalue weighted by molar-refractivity contribution is -0.485. The molecule has 0 bridgehead atoms. The average Bonchev–Trinajstić information content (AvgIpc) is 2.75. The van der Waals surface area contributed by atoms with Crippen LogP contribution in [0.2, 0.25) is 0 Å². The second-order valence-electron chi connectivity index (χ2n) is 9.51. The van der Waals surface area contributed by atoms with Crippen molar-refractivity contribution in [3.63, 3.8) is 0 Å². The van der Waals surface area contributed by atoms with E-state index in [1.807, 2.05) is 0 Å². The molecule has 0 N–H and O–H groups in total. The van der Waals surface area contributed by atoms with Gasteiger partial charge in [0.05, 0.1) is 0 Å². The topological polar surface area (TPSA) is 0 Å². The molecule has 0 aromatic heterocycles. The lowest BCUT2D eigenvalue weighted by Gasteiger charge is -2.53. The molecule has 1 aliphatic carbocycles. The lowest BCUT2D eigenvalue weighted by Crippen LogP contribution is -2.83. The number of rotatable bonds is 16. The van der Waals surface area contributed by atoms with Crippen LogP contribution in [0, 0.1) is 0 Å². The third-order valence-electron chi connectivity index (χ3n) is 6.70. The molecule has 0 saturated heterocycles. The van der Waals surface area contributed by atoms with Gasteiger partial charge >= 0.3 is 29.6 Å². The largest absolute Gasteiger partial charge is 0.384 e. The molecule has 1 saturated carbocycles. The van der Waals surface area contributed by atoms with E-state index in [1.165, 1.54) is 54.7 Å². The SMILES string of the molecule is CCCCCCCCCCCCCCCC(I)CC1(F)C(F)(F)C(F)(F)C(F)(F)C(F)(F)C1(F)F. The Labute approximate surface area is 213 Å². The molecule has 0 radical (unpaired) electrons. The van der Waals surface area contributed by atoms with Crippen molar-refractivity contribution in [1.29, 1.82) is 0 Å². The Morgan fingerprint density at radius 2 is 0.743 bits per heavy atom. The summed E-state index contributed by atoms with van der Waals surface area (Å²) in [6.07, 6.45) is 10.4. The molecule has 1 rings (SSSR count). The molecule has 35 heavy (non-hydrogen) atoms. The molecule has 1 fully saturated rings. The molecular formula is C23H34F11I. The first-order valence-electron chi connectivity index (χ1n) is 12.2. The fourth-order valence-corrected chi connectivity index (χ4v) is 5.38. The fourth-order valence-electron chi connectivity index (χ4n) is 4.33. The third kappa shape index (κ3) is 6.34. The van der Waals surface area contributed by atoms with Crippen LogP contribution in [0.25, 0.3) is 0 Å². The zero-order chi connectivity index (χ0) is 27.2. The minimum absolute atomic E-state index is 0.191. The van der Waals surface area contributed by atoms with Gasteiger partial charge in [-0.2, -0.15) is 43.9 Å². The van der Waals surface area contributed by atoms with E-state index in [9.17, 15) is 48.3 Å². The maximum absolute atomic E-state index is 14.8. The summed E-state index contributed by atoms with van der Waals surface area (Å²) < 4.78 is 150. The fraction of sp³-hybridized carbons (Fsp3) is 1.00. The number of hydrogen-bond acceptors (Lipinski definition) is 0. The summed E-state index contributed by atoms with van der Waals surface area (Å²) in [5.74, 6) is -34.6. The molecular weight excluding hydrogens is 612 g/mol. The van der Waals surface area contributed by atoms with Gasteiger partial charge in [-0.25, -0.2) is 4.39 Å². The van der Waals surface area contributed by atoms with E-state index in [0.717, 1.165) is 38.5 Å². The van der Waals surface area contributed by atoms with E-state index < -0.39 is 45.6 Å². The van der Waals surface area contributed by atoms with Crippen LogP contribution in [0.5, 0.6) is 0 Å². The summed E-state index contributed by atoms with van der Waals surface area (Å²) in [4.78, 5) is 0. The second-order valence-corrected chi connectivity index (χ2v) is 11.3. The first kappa shape index (κ1) is 33.0. The minimum atomic E-state index is -7.14. The van der Waals surface area contributed by atoms with Crippen molar-refractivity contribution in [3.8, 4) is 0 Å². The van der Waals surface area contributed by atoms with E-state index in [0.29, 0.717) is 6.42 Å². The summed E-state index contributed by atoms with van der Waals surface area (Å²) in [7, 11) is 0. The summed E-state index contributed by atoms with van der Waals surface area (Å²) in [5, 5.41) is 0. The van der Waals surface area contributed by atoms with Gasteiger partial charge in [0.25, 0.3) is 5.67 Å². The lowest BCUT2D eigenvalue weighted by atomic mass is 9.70. The molecule has 1 unspecified atom stereocenters. The molecule has 0 nitrogen and oxygen atoms in total. The normalized spacial score (nSPS) is 24.3. The molecule has 0 heterocycles. The van der Waals surface area contributed by atoms with Crippen LogP contribution < -0.4 is 0 Å². The van der Waals surface area contributed by atoms with Crippen LogP contribution in [0.3, 0.4) is 0 Å². The van der Waals surface area contributed by atoms with Crippen LogP contribution in [-0.4, -0.2) is 39.2 Å². The van der Waals surface area contributed by atoms with Gasteiger partial charge in [0.1, 0.15) is 0 Å². The zero-order valence-corrected chi connectivity index (χ0v) is 21.9. The van der Waals surface area contributed by atoms with Gasteiger partial charge in [0, 0.05) is 10.3 Å². The summed E-state index contributed by atoms with van der Waals surface area (Å²) >= 11 is 1.23. The average molecular weight is 646 g/mol. The van der Waals surface area contributed by atoms with Crippen LogP contribution in [0.15, 0.2) is 0 Å². The van der Waals surface area contributed by atoms with E-state index in [4.69, 9.17) is 0 Å². The highest BCUT2D eigenvalue weighted by molar-refractivity contribution is 14.1. The highest BCUT2D eigenvalue weighted by atomic mass is 127. The number of halogens is 12. The van der Waals surface area contributed by atoms with Crippen molar-refractivity contribution in [3.05, 3.63) is 0 Å². The number of alkyl halides is 12. The van der Waals surface area contributed by atoms with E-state index in [2.05, 4.69) is 6.92 Å². The van der Waals surface area contributed by atoms with Crippen molar-refractivity contribution < 1.29 is 48.3 Å². The molecule has 0 aromatic carbocycles. The van der Waals surface area contributed by atoms with Crippen LogP contribution in [0.1, 0.15) is 103 Å². The Morgan fingerprint density at radius 1 is 0.457 bits per heavy atom. The summed E-state index contributed by atoms with van der Waals surface area (Å²) in [5.41, 5.74) is -5.85. The van der Waals surface area contributed by atoms with Crippen molar-refractivity contribution in [1.82, 2.24) is 0 Å². The van der Waals surface area contributed by atoms with E-state index in [1.54, 1.807) is 0 Å². The standard InChI is InChI=1S/C23H34F11I/c1-2-3-4-5-6-7-8-9-10-11-12-13-14-15-17(35)16-18(24)19(25,26)21(29,30)23(33,34)22(31,32)20(18,27)28/h17H,2-16H2,1H3. The Kier molecular flexibility index (Phi) is 11.9. The highest BCUT2D eigenvalue weighted by Crippen LogP contribution is 2.70. The molecule has 0 aromatic rings. The Bertz CT molecular complexity index is 607. The molecule has 12 heteroatoms. The minimum Gasteiger partial charge on any atom is -0.230 e. The van der Waals surface area contributed by atoms with E-state index >= 15 is 0 Å². The Hall–Kier alpha value is -0.0400. The van der Waals surface area contributed by atoms with Gasteiger partial charge in [-0.15, -0.1) is 0 Å². The van der Waals surface area contributed by atoms with Crippen LogP contribution >= 0.6 is 22.6 Å². The smallest absolute Gasteiger partial charge is 0.230 e. The predicted molar refractivity (Wildman–Crippen MR) is 121 cm³/mol. The number of unbranched alkanes of at least 4 members (excludes halogenated alkanes) is 12. The van der Waals surface area contributed by atoms with Crippen LogP contribution in [-0.2, 0) is 0 Å². The molecule has 0 amide bonds. The monoisotopic (exact) mass is 646 g/mol. The quantitative estimate of drug-likeness (QED) is 0.0678. The highest BCUT2D eigenvalue weighted by Gasteiger charge is 3.00. The maximum atomic E-state index is 14.8. The van der Waals surface area contributed by atoms with Crippen molar-refractivity contribution in [2.45, 2.75) is 142 Å². The maximum Gasteiger partial charge on any atom is 0.384 e. The first-order chi connectivity index (χ1) is 16.0. The predicted octanol–water partition coefficient (Wildman–Crippen LogP) is 10.6. The molecule has 1 aliphatic rings. The second kappa shape index (κ2) is 12.7. The van der Waals surface area contributed by atoms with Crippen molar-refractivity contribution in [2.24, 2.45) is 0 Å². The summed E-state index contributed by atoms with van der Waals surface area (Å²) in [6, 6.07) is 0. The Balaban J connectivity index is 2.50. The van der Waals surface area contributed by atoms with Gasteiger partial charge in [-0.1, -0.05) is 113 Å². The van der Waals surface area contributed by atoms with E-state index in [-0.39, 0.29) is 12.8 Å². The van der Waals surface area contributed by atoms with Gasteiger partial charge < -0.3 is 0 Å². The Morgan fingerprint density at radius 3 is 1.09 bits per heavy atom. The molecule has 1 atom stereocenters. The van der Waals surface area contributed by atoms with Gasteiger partial charge in [-0.05, 0) is 6.42 Å². The molecule has 210 valence electrons. The van der Waals surface area contributed by atoms with Gasteiger partial charge in [0.15, 0.2) is 0 Å². The van der Waals surface area contributed by atoms with Crippen molar-refractivity contribution in [2.75, 3.05) is 0 Å². The molecule has 0 aliphatic heterocycles. The zero-order valence-electron chi connectivity index (χ0n) is 19.7. The van der Waals surface area contributed by atoms with Crippen LogP contribution in [0.4, 0.5) is 48.3 Å².